The maximum atomic E-state index is 13.0. The average molecular weight is 390 g/mol. The van der Waals surface area contributed by atoms with Crippen molar-refractivity contribution in [2.75, 3.05) is 14.2 Å². The molecule has 0 amide bonds. The average Bonchev–Trinajstić information content (AvgIpc) is 3.10. The number of phenols is 2. The van der Waals surface area contributed by atoms with Crippen molar-refractivity contribution in [3.8, 4) is 23.0 Å². The fraction of sp³-hybridized carbons (Fsp3) is 0.0870. The number of allylic oxidation sites excluding steroid dienone is 1. The summed E-state index contributed by atoms with van der Waals surface area (Å²) in [4.78, 5) is 13.0. The van der Waals surface area contributed by atoms with E-state index in [-0.39, 0.29) is 28.6 Å². The van der Waals surface area contributed by atoms with Crippen LogP contribution < -0.4 is 9.47 Å². The molecule has 29 heavy (non-hydrogen) atoms. The molecule has 0 saturated carbocycles. The van der Waals surface area contributed by atoms with Crippen LogP contribution >= 0.6 is 0 Å². The monoisotopic (exact) mass is 390 g/mol. The molecule has 146 valence electrons. The van der Waals surface area contributed by atoms with E-state index in [1.807, 2.05) is 18.2 Å². The van der Waals surface area contributed by atoms with Crippen molar-refractivity contribution in [3.05, 3.63) is 65.7 Å². The second-order valence-corrected chi connectivity index (χ2v) is 6.39. The molecule has 0 atom stereocenters. The Kier molecular flexibility index (Phi) is 4.60. The van der Waals surface area contributed by atoms with E-state index >= 15 is 0 Å². The lowest BCUT2D eigenvalue weighted by molar-refractivity contribution is 0.104. The Bertz CT molecular complexity index is 1270. The zero-order valence-electron chi connectivity index (χ0n) is 15.8. The van der Waals surface area contributed by atoms with Gasteiger partial charge in [-0.3, -0.25) is 4.79 Å². The Morgan fingerprint density at radius 1 is 1.00 bits per heavy atom. The number of carbonyl (C=O) groups is 1. The lowest BCUT2D eigenvalue weighted by Gasteiger charge is -2.13. The maximum absolute atomic E-state index is 13.0. The number of methoxy groups -OCH3 is 2. The highest BCUT2D eigenvalue weighted by Crippen LogP contribution is 2.49. The molecule has 0 aliphatic heterocycles. The number of furan rings is 1. The number of phenolic OH excluding ortho intramolecular Hbond substituents is 2. The van der Waals surface area contributed by atoms with Crippen LogP contribution in [0.2, 0.25) is 0 Å². The van der Waals surface area contributed by atoms with Crippen molar-refractivity contribution >= 4 is 33.8 Å². The van der Waals surface area contributed by atoms with E-state index in [9.17, 15) is 15.0 Å². The lowest BCUT2D eigenvalue weighted by atomic mass is 10.0. The summed E-state index contributed by atoms with van der Waals surface area (Å²) in [6.07, 6.45) is 2.85. The summed E-state index contributed by atoms with van der Waals surface area (Å²) in [5.74, 6) is -0.484. The van der Waals surface area contributed by atoms with E-state index in [4.69, 9.17) is 13.9 Å². The van der Waals surface area contributed by atoms with Crippen LogP contribution in [0.1, 0.15) is 15.9 Å². The molecule has 3 aromatic carbocycles. The minimum atomic E-state index is -0.479. The van der Waals surface area contributed by atoms with Gasteiger partial charge in [-0.2, -0.15) is 0 Å². The first-order valence-electron chi connectivity index (χ1n) is 8.84. The molecular formula is C23H18O6. The highest BCUT2D eigenvalue weighted by Gasteiger charge is 2.28. The van der Waals surface area contributed by atoms with Gasteiger partial charge < -0.3 is 24.1 Å². The number of para-hydroxylation sites is 1. The van der Waals surface area contributed by atoms with Crippen LogP contribution in [-0.4, -0.2) is 30.2 Å². The van der Waals surface area contributed by atoms with Crippen molar-refractivity contribution in [2.45, 2.75) is 0 Å². The summed E-state index contributed by atoms with van der Waals surface area (Å²) in [5.41, 5.74) is 1.49. The summed E-state index contributed by atoms with van der Waals surface area (Å²) in [6, 6.07) is 13.8. The zero-order chi connectivity index (χ0) is 20.5. The minimum absolute atomic E-state index is 0.0280. The third-order valence-electron chi connectivity index (χ3n) is 4.66. The number of hydrogen-bond donors (Lipinski definition) is 2. The lowest BCUT2D eigenvalue weighted by Crippen LogP contribution is -2.02. The van der Waals surface area contributed by atoms with Gasteiger partial charge in [0.1, 0.15) is 22.6 Å². The van der Waals surface area contributed by atoms with Gasteiger partial charge in [0, 0.05) is 5.39 Å². The first kappa shape index (κ1) is 18.4. The van der Waals surface area contributed by atoms with Crippen molar-refractivity contribution in [3.63, 3.8) is 0 Å². The van der Waals surface area contributed by atoms with Crippen LogP contribution in [0, 0.1) is 0 Å². The molecule has 6 heteroatoms. The fourth-order valence-electron chi connectivity index (χ4n) is 3.39. The molecule has 0 fully saturated rings. The molecule has 0 radical (unpaired) electrons. The summed E-state index contributed by atoms with van der Waals surface area (Å²) in [6.45, 7) is 0. The van der Waals surface area contributed by atoms with Gasteiger partial charge in [-0.15, -0.1) is 0 Å². The predicted molar refractivity (Wildman–Crippen MR) is 110 cm³/mol. The largest absolute Gasteiger partial charge is 0.508 e. The number of carbonyl (C=O) groups excluding carboxylic acids is 1. The first-order chi connectivity index (χ1) is 14.0. The number of ketones is 1. The molecule has 6 nitrogen and oxygen atoms in total. The molecule has 4 aromatic rings. The highest BCUT2D eigenvalue weighted by atomic mass is 16.5. The van der Waals surface area contributed by atoms with Crippen LogP contribution in [0.15, 0.2) is 59.0 Å². The van der Waals surface area contributed by atoms with Crippen molar-refractivity contribution in [1.29, 1.82) is 0 Å². The molecule has 1 heterocycles. The fourth-order valence-corrected chi connectivity index (χ4v) is 3.39. The van der Waals surface area contributed by atoms with Gasteiger partial charge in [0.2, 0.25) is 5.75 Å². The van der Waals surface area contributed by atoms with Gasteiger partial charge in [-0.1, -0.05) is 36.4 Å². The molecule has 4 rings (SSSR count). The molecular weight excluding hydrogens is 372 g/mol. The Morgan fingerprint density at radius 2 is 1.76 bits per heavy atom. The number of hydrogen-bond acceptors (Lipinski definition) is 6. The number of ether oxygens (including phenoxy) is 2. The Hall–Kier alpha value is -3.93. The normalized spacial score (nSPS) is 11.4. The van der Waals surface area contributed by atoms with Gasteiger partial charge in [-0.05, 0) is 29.8 Å². The van der Waals surface area contributed by atoms with Gasteiger partial charge in [-0.25, -0.2) is 0 Å². The van der Waals surface area contributed by atoms with Crippen molar-refractivity contribution < 1.29 is 28.9 Å². The second-order valence-electron chi connectivity index (χ2n) is 6.39. The summed E-state index contributed by atoms with van der Waals surface area (Å²) >= 11 is 0. The first-order valence-corrected chi connectivity index (χ1v) is 8.84. The minimum Gasteiger partial charge on any atom is -0.508 e. The molecule has 0 spiro atoms. The van der Waals surface area contributed by atoms with Gasteiger partial charge in [0.05, 0.1) is 19.6 Å². The Labute approximate surface area is 166 Å². The van der Waals surface area contributed by atoms with Crippen molar-refractivity contribution in [2.24, 2.45) is 0 Å². The van der Waals surface area contributed by atoms with E-state index in [1.54, 1.807) is 24.3 Å². The predicted octanol–water partition coefficient (Wildman–Crippen LogP) is 4.91. The smallest absolute Gasteiger partial charge is 0.205 e. The van der Waals surface area contributed by atoms with E-state index in [1.165, 1.54) is 32.4 Å². The number of fused-ring (bicyclic) bond motifs is 3. The van der Waals surface area contributed by atoms with Crippen LogP contribution in [-0.2, 0) is 0 Å². The quantitative estimate of drug-likeness (QED) is 0.372. The van der Waals surface area contributed by atoms with E-state index in [2.05, 4.69) is 0 Å². The SMILES string of the molecule is COc1c(O)c(C(=O)/C=C/c2cccc(O)c2)c(OC)c2c1oc1ccccc12. The summed E-state index contributed by atoms with van der Waals surface area (Å²) in [7, 11) is 2.82. The third kappa shape index (κ3) is 3.04. The van der Waals surface area contributed by atoms with Crippen LogP contribution in [0.5, 0.6) is 23.0 Å². The Balaban J connectivity index is 1.94. The van der Waals surface area contributed by atoms with Crippen LogP contribution in [0.3, 0.4) is 0 Å². The molecule has 2 N–H and O–H groups in total. The van der Waals surface area contributed by atoms with E-state index in [0.717, 1.165) is 5.39 Å². The summed E-state index contributed by atoms with van der Waals surface area (Å²) in [5, 5.41) is 21.6. The standard InChI is InChI=1S/C23H18O6/c1-27-21-18-15-8-3-4-9-17(15)29-22(18)23(28-2)20(26)19(21)16(25)11-10-13-6-5-7-14(24)12-13/h3-12,24,26H,1-2H3/b11-10+. The molecule has 0 unspecified atom stereocenters. The number of benzene rings is 3. The third-order valence-corrected chi connectivity index (χ3v) is 4.66. The Morgan fingerprint density at radius 3 is 2.48 bits per heavy atom. The maximum Gasteiger partial charge on any atom is 0.205 e. The second kappa shape index (κ2) is 7.24. The number of rotatable bonds is 5. The van der Waals surface area contributed by atoms with Crippen LogP contribution in [0.25, 0.3) is 28.0 Å². The summed E-state index contributed by atoms with van der Waals surface area (Å²) < 4.78 is 16.7. The van der Waals surface area contributed by atoms with Crippen molar-refractivity contribution in [1.82, 2.24) is 0 Å². The molecule has 1 aromatic heterocycles. The number of aromatic hydroxyl groups is 2. The van der Waals surface area contributed by atoms with Gasteiger partial charge in [0.25, 0.3) is 0 Å². The molecule has 0 aliphatic rings. The van der Waals surface area contributed by atoms with Crippen LogP contribution in [0.4, 0.5) is 0 Å². The molecule has 0 aliphatic carbocycles. The zero-order valence-corrected chi connectivity index (χ0v) is 15.8. The van der Waals surface area contributed by atoms with Gasteiger partial charge >= 0.3 is 0 Å². The molecule has 0 bridgehead atoms. The van der Waals surface area contributed by atoms with Gasteiger partial charge in [0.15, 0.2) is 17.1 Å². The molecule has 0 saturated heterocycles. The topological polar surface area (TPSA) is 89.1 Å². The van der Waals surface area contributed by atoms with E-state index < -0.39 is 5.78 Å². The highest BCUT2D eigenvalue weighted by molar-refractivity contribution is 6.20. The van der Waals surface area contributed by atoms with E-state index in [0.29, 0.717) is 22.1 Å².